The van der Waals surface area contributed by atoms with Gasteiger partial charge in [-0.05, 0) is 31.0 Å². The number of hydrogen-bond donors (Lipinski definition) is 0. The van der Waals surface area contributed by atoms with Crippen molar-refractivity contribution in [2.24, 2.45) is 5.92 Å². The maximum absolute atomic E-state index is 12.9. The smallest absolute Gasteiger partial charge is 0.254 e. The van der Waals surface area contributed by atoms with Crippen LogP contribution in [0, 0.1) is 5.92 Å². The first-order valence-corrected chi connectivity index (χ1v) is 11.2. The summed E-state index contributed by atoms with van der Waals surface area (Å²) in [6, 6.07) is 7.54. The summed E-state index contributed by atoms with van der Waals surface area (Å²) in [5.41, 5.74) is 0.680. The highest BCUT2D eigenvalue weighted by molar-refractivity contribution is 5.94. The molecule has 30 heavy (non-hydrogen) atoms. The number of rotatable bonds is 7. The minimum absolute atomic E-state index is 0.0664. The lowest BCUT2D eigenvalue weighted by Crippen LogP contribution is -2.49. The summed E-state index contributed by atoms with van der Waals surface area (Å²) in [6.45, 7) is 6.40. The summed E-state index contributed by atoms with van der Waals surface area (Å²) >= 11 is 0. The molecule has 7 nitrogen and oxygen atoms in total. The number of methoxy groups -OCH3 is 1. The van der Waals surface area contributed by atoms with Gasteiger partial charge in [0.25, 0.3) is 5.91 Å². The fourth-order valence-corrected chi connectivity index (χ4v) is 4.25. The maximum atomic E-state index is 12.9. The van der Waals surface area contributed by atoms with Crippen molar-refractivity contribution in [3.8, 4) is 5.75 Å². The van der Waals surface area contributed by atoms with Crippen molar-refractivity contribution in [1.29, 1.82) is 0 Å². The van der Waals surface area contributed by atoms with Crippen LogP contribution in [0.15, 0.2) is 24.3 Å². The Kier molecular flexibility index (Phi) is 6.89. The summed E-state index contributed by atoms with van der Waals surface area (Å²) < 4.78 is 11.3. The first-order chi connectivity index (χ1) is 14.6. The van der Waals surface area contributed by atoms with Crippen LogP contribution in [0.25, 0.3) is 0 Å². The number of likely N-dealkylation sites (tertiary alicyclic amines) is 1. The number of carbonyl (C=O) groups is 2. The standard InChI is InChI=1S/C23H33N3O4/c1-29-16-15-24-11-13-26(14-12-24)23(28)19-3-2-4-21(17-19)30-20-7-9-25(10-8-20)22(27)18-5-6-18/h2-4,17-18,20H,5-16H2,1H3. The van der Waals surface area contributed by atoms with Crippen molar-refractivity contribution in [2.45, 2.75) is 31.8 Å². The molecule has 164 valence electrons. The van der Waals surface area contributed by atoms with Crippen LogP contribution in [0.3, 0.4) is 0 Å². The first-order valence-electron chi connectivity index (χ1n) is 11.2. The van der Waals surface area contributed by atoms with Gasteiger partial charge in [0.2, 0.25) is 5.91 Å². The molecule has 2 saturated heterocycles. The van der Waals surface area contributed by atoms with Crippen LogP contribution in [0.4, 0.5) is 0 Å². The molecule has 0 atom stereocenters. The van der Waals surface area contributed by atoms with E-state index in [1.54, 1.807) is 7.11 Å². The van der Waals surface area contributed by atoms with Crippen LogP contribution in [0.1, 0.15) is 36.0 Å². The predicted octanol–water partition coefficient (Wildman–Crippen LogP) is 1.87. The summed E-state index contributed by atoms with van der Waals surface area (Å²) in [6.07, 6.45) is 3.90. The topological polar surface area (TPSA) is 62.3 Å². The van der Waals surface area contributed by atoms with E-state index in [1.165, 1.54) is 0 Å². The molecule has 2 amide bonds. The summed E-state index contributed by atoms with van der Waals surface area (Å²) in [7, 11) is 1.71. The second kappa shape index (κ2) is 9.79. The van der Waals surface area contributed by atoms with Gasteiger partial charge in [-0.2, -0.15) is 0 Å². The van der Waals surface area contributed by atoms with Crippen LogP contribution in [0.2, 0.25) is 0 Å². The molecular weight excluding hydrogens is 382 g/mol. The second-order valence-corrected chi connectivity index (χ2v) is 8.57. The average Bonchev–Trinajstić information content (AvgIpc) is 3.63. The third-order valence-electron chi connectivity index (χ3n) is 6.34. The molecule has 0 spiro atoms. The van der Waals surface area contributed by atoms with Crippen LogP contribution in [-0.4, -0.2) is 92.1 Å². The van der Waals surface area contributed by atoms with Crippen LogP contribution < -0.4 is 4.74 Å². The lowest BCUT2D eigenvalue weighted by atomic mass is 10.1. The number of hydrogen-bond acceptors (Lipinski definition) is 5. The van der Waals surface area contributed by atoms with E-state index < -0.39 is 0 Å². The molecule has 0 unspecified atom stereocenters. The van der Waals surface area contributed by atoms with Crippen molar-refractivity contribution in [2.75, 3.05) is 59.5 Å². The molecule has 0 N–H and O–H groups in total. The van der Waals surface area contributed by atoms with Crippen molar-refractivity contribution in [3.63, 3.8) is 0 Å². The molecule has 7 heteroatoms. The van der Waals surface area contributed by atoms with Gasteiger partial charge in [-0.15, -0.1) is 0 Å². The number of nitrogens with zero attached hydrogens (tertiary/aromatic N) is 3. The van der Waals surface area contributed by atoms with Crippen LogP contribution in [0.5, 0.6) is 5.75 Å². The Balaban J connectivity index is 1.27. The van der Waals surface area contributed by atoms with E-state index in [4.69, 9.17) is 9.47 Å². The Morgan fingerprint density at radius 1 is 0.967 bits per heavy atom. The van der Waals surface area contributed by atoms with Crippen LogP contribution in [-0.2, 0) is 9.53 Å². The average molecular weight is 416 g/mol. The molecule has 3 aliphatic rings. The van der Waals surface area contributed by atoms with E-state index in [-0.39, 0.29) is 17.9 Å². The molecule has 1 aliphatic carbocycles. The van der Waals surface area contributed by atoms with Gasteiger partial charge in [0.1, 0.15) is 11.9 Å². The zero-order chi connectivity index (χ0) is 20.9. The van der Waals surface area contributed by atoms with E-state index >= 15 is 0 Å². The number of amides is 2. The number of ether oxygens (including phenoxy) is 2. The molecule has 0 radical (unpaired) electrons. The Morgan fingerprint density at radius 2 is 1.70 bits per heavy atom. The van der Waals surface area contributed by atoms with Gasteiger partial charge in [0.05, 0.1) is 6.61 Å². The molecule has 2 heterocycles. The molecule has 2 aliphatic heterocycles. The van der Waals surface area contributed by atoms with E-state index in [2.05, 4.69) is 4.90 Å². The minimum atomic E-state index is 0.0664. The third kappa shape index (κ3) is 5.32. The summed E-state index contributed by atoms with van der Waals surface area (Å²) in [5.74, 6) is 1.42. The van der Waals surface area contributed by atoms with Crippen molar-refractivity contribution in [3.05, 3.63) is 29.8 Å². The summed E-state index contributed by atoms with van der Waals surface area (Å²) in [4.78, 5) is 31.4. The van der Waals surface area contributed by atoms with E-state index in [1.807, 2.05) is 34.1 Å². The highest BCUT2D eigenvalue weighted by Crippen LogP contribution is 2.32. The molecular formula is C23H33N3O4. The number of piperidine rings is 1. The quantitative estimate of drug-likeness (QED) is 0.680. The number of piperazine rings is 1. The van der Waals surface area contributed by atoms with E-state index in [0.717, 1.165) is 83.9 Å². The maximum Gasteiger partial charge on any atom is 0.254 e. The largest absolute Gasteiger partial charge is 0.490 e. The molecule has 3 fully saturated rings. The number of carbonyl (C=O) groups excluding carboxylic acids is 2. The lowest BCUT2D eigenvalue weighted by molar-refractivity contribution is -0.134. The van der Waals surface area contributed by atoms with E-state index in [0.29, 0.717) is 11.5 Å². The molecule has 1 aromatic rings. The number of benzene rings is 1. The molecule has 4 rings (SSSR count). The van der Waals surface area contributed by atoms with Gasteiger partial charge in [0.15, 0.2) is 0 Å². The van der Waals surface area contributed by atoms with Gasteiger partial charge in [-0.1, -0.05) is 6.07 Å². The van der Waals surface area contributed by atoms with Gasteiger partial charge < -0.3 is 19.3 Å². The molecule has 0 aromatic heterocycles. The monoisotopic (exact) mass is 415 g/mol. The molecule has 0 bridgehead atoms. The predicted molar refractivity (Wildman–Crippen MR) is 114 cm³/mol. The highest BCUT2D eigenvalue weighted by atomic mass is 16.5. The van der Waals surface area contributed by atoms with Crippen LogP contribution >= 0.6 is 0 Å². The zero-order valence-electron chi connectivity index (χ0n) is 17.9. The van der Waals surface area contributed by atoms with Gasteiger partial charge >= 0.3 is 0 Å². The van der Waals surface area contributed by atoms with Crippen molar-refractivity contribution >= 4 is 11.8 Å². The normalized spacial score (nSPS) is 21.0. The fraction of sp³-hybridized carbons (Fsp3) is 0.652. The highest BCUT2D eigenvalue weighted by Gasteiger charge is 2.35. The Hall–Kier alpha value is -2.12. The fourth-order valence-electron chi connectivity index (χ4n) is 4.25. The summed E-state index contributed by atoms with van der Waals surface area (Å²) in [5, 5.41) is 0. The van der Waals surface area contributed by atoms with Gasteiger partial charge in [-0.25, -0.2) is 0 Å². The lowest BCUT2D eigenvalue weighted by Gasteiger charge is -2.34. The van der Waals surface area contributed by atoms with E-state index in [9.17, 15) is 9.59 Å². The SMILES string of the molecule is COCCN1CCN(C(=O)c2cccc(OC3CCN(C(=O)C4CC4)CC3)c2)CC1. The minimum Gasteiger partial charge on any atom is -0.490 e. The Labute approximate surface area is 178 Å². The van der Waals surface area contributed by atoms with Crippen molar-refractivity contribution < 1.29 is 19.1 Å². The first kappa shape index (κ1) is 21.1. The second-order valence-electron chi connectivity index (χ2n) is 8.57. The molecule has 1 aromatic carbocycles. The van der Waals surface area contributed by atoms with Gasteiger partial charge in [0, 0.05) is 77.2 Å². The Bertz CT molecular complexity index is 736. The molecule has 1 saturated carbocycles. The van der Waals surface area contributed by atoms with Crippen molar-refractivity contribution in [1.82, 2.24) is 14.7 Å². The Morgan fingerprint density at radius 3 is 2.37 bits per heavy atom. The zero-order valence-corrected chi connectivity index (χ0v) is 17.9. The van der Waals surface area contributed by atoms with Gasteiger partial charge in [-0.3, -0.25) is 14.5 Å². The third-order valence-corrected chi connectivity index (χ3v) is 6.34.